The van der Waals surface area contributed by atoms with E-state index >= 15 is 0 Å². The highest BCUT2D eigenvalue weighted by molar-refractivity contribution is 9.10. The van der Waals surface area contributed by atoms with Gasteiger partial charge in [-0.05, 0) is 39.9 Å². The summed E-state index contributed by atoms with van der Waals surface area (Å²) in [6.45, 7) is 6.74. The number of aryl methyl sites for hydroxylation is 1. The molecule has 0 saturated carbocycles. The maximum atomic E-state index is 12.5. The predicted octanol–water partition coefficient (Wildman–Crippen LogP) is 3.88. The maximum absolute atomic E-state index is 12.5. The number of halogens is 1. The second kappa shape index (κ2) is 6.43. The third-order valence-electron chi connectivity index (χ3n) is 3.53. The molecule has 112 valence electrons. The Hall–Kier alpha value is -1.62. The lowest BCUT2D eigenvalue weighted by Crippen LogP contribution is -2.27. The molecule has 1 N–H and O–H groups in total. The van der Waals surface area contributed by atoms with Crippen LogP contribution in [0, 0.1) is 6.92 Å². The first-order valence-corrected chi connectivity index (χ1v) is 7.74. The quantitative estimate of drug-likeness (QED) is 0.910. The summed E-state index contributed by atoms with van der Waals surface area (Å²) in [4.78, 5) is 14.2. The predicted molar refractivity (Wildman–Crippen MR) is 87.4 cm³/mol. The summed E-state index contributed by atoms with van der Waals surface area (Å²) in [5, 5.41) is 7.10. The summed E-state index contributed by atoms with van der Waals surface area (Å²) in [5.74, 6) is 0.198. The topological polar surface area (TPSA) is 49.0 Å². The highest BCUT2D eigenvalue weighted by Gasteiger charge is 2.22. The molecule has 5 heteroatoms. The summed E-state index contributed by atoms with van der Waals surface area (Å²) in [5.41, 5.74) is 3.71. The van der Waals surface area contributed by atoms with Gasteiger partial charge in [0.2, 0.25) is 0 Å². The minimum Gasteiger partial charge on any atom is -0.336 e. The number of aromatic amines is 1. The molecule has 0 fully saturated rings. The second-order valence-electron chi connectivity index (χ2n) is 5.54. The van der Waals surface area contributed by atoms with Gasteiger partial charge in [0.1, 0.15) is 0 Å². The lowest BCUT2D eigenvalue weighted by Gasteiger charge is -2.17. The van der Waals surface area contributed by atoms with Gasteiger partial charge in [-0.25, -0.2) is 0 Å². The van der Waals surface area contributed by atoms with E-state index in [9.17, 15) is 4.79 Å². The smallest absolute Gasteiger partial charge is 0.275 e. The first-order valence-electron chi connectivity index (χ1n) is 6.95. The molecule has 0 unspecified atom stereocenters. The van der Waals surface area contributed by atoms with Crippen molar-refractivity contribution in [3.05, 3.63) is 51.3 Å². The molecule has 0 aliphatic heterocycles. The van der Waals surface area contributed by atoms with E-state index in [2.05, 4.69) is 53.0 Å². The van der Waals surface area contributed by atoms with Crippen molar-refractivity contribution in [3.63, 3.8) is 0 Å². The lowest BCUT2D eigenvalue weighted by atomic mass is 10.1. The fraction of sp³-hybridized carbons (Fsp3) is 0.375. The van der Waals surface area contributed by atoms with Gasteiger partial charge in [-0.3, -0.25) is 9.89 Å². The highest BCUT2D eigenvalue weighted by atomic mass is 79.9. The number of nitrogens with one attached hydrogen (secondary N) is 1. The highest BCUT2D eigenvalue weighted by Crippen LogP contribution is 2.26. The molecule has 1 heterocycles. The molecule has 4 nitrogen and oxygen atoms in total. The number of amides is 1. The van der Waals surface area contributed by atoms with Crippen molar-refractivity contribution in [2.24, 2.45) is 0 Å². The van der Waals surface area contributed by atoms with E-state index in [0.29, 0.717) is 12.2 Å². The minimum atomic E-state index is -0.0896. The number of carbonyl (C=O) groups excluding carboxylic acids is 1. The third kappa shape index (κ3) is 3.35. The Balaban J connectivity index is 2.18. The Labute approximate surface area is 133 Å². The number of carbonyl (C=O) groups is 1. The second-order valence-corrected chi connectivity index (χ2v) is 6.34. The molecule has 2 aromatic rings. The van der Waals surface area contributed by atoms with Crippen LogP contribution in [0.4, 0.5) is 0 Å². The van der Waals surface area contributed by atoms with E-state index in [1.807, 2.05) is 18.2 Å². The molecule has 1 amide bonds. The van der Waals surface area contributed by atoms with Gasteiger partial charge in [0.15, 0.2) is 5.69 Å². The SMILES string of the molecule is Cc1ccccc1CN(C)C(=O)c1n[nH]c(C(C)C)c1Br. The van der Waals surface area contributed by atoms with Gasteiger partial charge in [-0.2, -0.15) is 5.10 Å². The Kier molecular flexibility index (Phi) is 4.83. The van der Waals surface area contributed by atoms with Crippen LogP contribution in [0.3, 0.4) is 0 Å². The van der Waals surface area contributed by atoms with Gasteiger partial charge in [0, 0.05) is 13.6 Å². The van der Waals surface area contributed by atoms with Crippen molar-refractivity contribution < 1.29 is 4.79 Å². The standard InChI is InChI=1S/C16H20BrN3O/c1-10(2)14-13(17)15(19-18-14)16(21)20(4)9-12-8-6-5-7-11(12)3/h5-8,10H,9H2,1-4H3,(H,18,19). The van der Waals surface area contributed by atoms with Crippen molar-refractivity contribution in [2.75, 3.05) is 7.05 Å². The van der Waals surface area contributed by atoms with Crippen molar-refractivity contribution in [2.45, 2.75) is 33.2 Å². The first-order chi connectivity index (χ1) is 9.91. The average Bonchev–Trinajstić information content (AvgIpc) is 2.82. The fourth-order valence-electron chi connectivity index (χ4n) is 2.16. The molecular formula is C16H20BrN3O. The maximum Gasteiger partial charge on any atom is 0.275 e. The number of nitrogens with zero attached hydrogens (tertiary/aromatic N) is 2. The molecule has 0 aliphatic carbocycles. The van der Waals surface area contributed by atoms with Gasteiger partial charge in [0.25, 0.3) is 5.91 Å². The summed E-state index contributed by atoms with van der Waals surface area (Å²) >= 11 is 3.48. The summed E-state index contributed by atoms with van der Waals surface area (Å²) < 4.78 is 0.763. The molecule has 1 aromatic heterocycles. The van der Waals surface area contributed by atoms with Gasteiger partial charge in [-0.15, -0.1) is 0 Å². The lowest BCUT2D eigenvalue weighted by molar-refractivity contribution is 0.0778. The summed E-state index contributed by atoms with van der Waals surface area (Å²) in [7, 11) is 1.80. The molecule has 0 atom stereocenters. The normalized spacial score (nSPS) is 11.0. The third-order valence-corrected chi connectivity index (χ3v) is 4.33. The van der Waals surface area contributed by atoms with Gasteiger partial charge in [0.05, 0.1) is 10.2 Å². The van der Waals surface area contributed by atoms with Crippen LogP contribution >= 0.6 is 15.9 Å². The number of hydrogen-bond acceptors (Lipinski definition) is 2. The van der Waals surface area contributed by atoms with E-state index in [-0.39, 0.29) is 11.8 Å². The van der Waals surface area contributed by atoms with Crippen LogP contribution in [-0.2, 0) is 6.54 Å². The number of hydrogen-bond donors (Lipinski definition) is 1. The molecule has 0 saturated heterocycles. The zero-order valence-electron chi connectivity index (χ0n) is 12.8. The van der Waals surface area contributed by atoms with Crippen LogP contribution < -0.4 is 0 Å². The molecule has 2 rings (SSSR count). The number of rotatable bonds is 4. The van der Waals surface area contributed by atoms with Crippen molar-refractivity contribution in [1.82, 2.24) is 15.1 Å². The average molecular weight is 350 g/mol. The number of benzene rings is 1. The molecule has 0 spiro atoms. The number of aromatic nitrogens is 2. The molecule has 1 aromatic carbocycles. The molecular weight excluding hydrogens is 330 g/mol. The Morgan fingerprint density at radius 3 is 2.62 bits per heavy atom. The zero-order valence-corrected chi connectivity index (χ0v) is 14.4. The van der Waals surface area contributed by atoms with Crippen molar-refractivity contribution in [1.29, 1.82) is 0 Å². The van der Waals surface area contributed by atoms with Crippen LogP contribution in [-0.4, -0.2) is 28.1 Å². The Morgan fingerprint density at radius 1 is 1.38 bits per heavy atom. The van der Waals surface area contributed by atoms with E-state index in [4.69, 9.17) is 0 Å². The van der Waals surface area contributed by atoms with E-state index < -0.39 is 0 Å². The van der Waals surface area contributed by atoms with E-state index in [1.54, 1.807) is 11.9 Å². The van der Waals surface area contributed by atoms with Crippen LogP contribution in [0.2, 0.25) is 0 Å². The summed E-state index contributed by atoms with van der Waals surface area (Å²) in [6.07, 6.45) is 0. The van der Waals surface area contributed by atoms with Gasteiger partial charge < -0.3 is 4.90 Å². The van der Waals surface area contributed by atoms with Crippen LogP contribution in [0.25, 0.3) is 0 Å². The van der Waals surface area contributed by atoms with E-state index in [0.717, 1.165) is 15.7 Å². The van der Waals surface area contributed by atoms with E-state index in [1.165, 1.54) is 5.56 Å². The molecule has 21 heavy (non-hydrogen) atoms. The Morgan fingerprint density at radius 2 is 2.05 bits per heavy atom. The van der Waals surface area contributed by atoms with Crippen LogP contribution in [0.1, 0.15) is 47.1 Å². The zero-order chi connectivity index (χ0) is 15.6. The van der Waals surface area contributed by atoms with Crippen LogP contribution in [0.15, 0.2) is 28.7 Å². The fourth-order valence-corrected chi connectivity index (χ4v) is 2.97. The molecule has 0 radical (unpaired) electrons. The Bertz CT molecular complexity index is 649. The monoisotopic (exact) mass is 349 g/mol. The number of H-pyrrole nitrogens is 1. The first kappa shape index (κ1) is 15.8. The van der Waals surface area contributed by atoms with Gasteiger partial charge in [-0.1, -0.05) is 38.1 Å². The summed E-state index contributed by atoms with van der Waals surface area (Å²) in [6, 6.07) is 8.08. The van der Waals surface area contributed by atoms with Crippen LogP contribution in [0.5, 0.6) is 0 Å². The largest absolute Gasteiger partial charge is 0.336 e. The minimum absolute atomic E-state index is 0.0896. The molecule has 0 bridgehead atoms. The van der Waals surface area contributed by atoms with Gasteiger partial charge >= 0.3 is 0 Å². The molecule has 0 aliphatic rings. The van der Waals surface area contributed by atoms with Crippen molar-refractivity contribution >= 4 is 21.8 Å². The van der Waals surface area contributed by atoms with Crippen molar-refractivity contribution in [3.8, 4) is 0 Å².